The van der Waals surface area contributed by atoms with Crippen LogP contribution in [0.4, 0.5) is 0 Å². The lowest BCUT2D eigenvalue weighted by Crippen LogP contribution is -2.27. The van der Waals surface area contributed by atoms with E-state index in [1.165, 1.54) is 0 Å². The second-order valence-corrected chi connectivity index (χ2v) is 0.802. The van der Waals surface area contributed by atoms with Crippen LogP contribution in [0, 0.1) is 6.42 Å². The third-order valence-electron chi connectivity index (χ3n) is 0.390. The second-order valence-electron chi connectivity index (χ2n) is 0.802. The first kappa shape index (κ1) is 3.33. The molecule has 0 unspecified atom stereocenters. The van der Waals surface area contributed by atoms with Gasteiger partial charge in [-0.15, -0.1) is 0 Å². The molecule has 0 aromatic carbocycles. The number of hydrogen-bond acceptors (Lipinski definition) is 3. The highest BCUT2D eigenvalue weighted by Crippen LogP contribution is 1.98. The van der Waals surface area contributed by atoms with Crippen LogP contribution >= 0.6 is 0 Å². The Morgan fingerprint density at radius 3 is 1.67 bits per heavy atom. The van der Waals surface area contributed by atoms with Crippen LogP contribution in [0.15, 0.2) is 0 Å². The summed E-state index contributed by atoms with van der Waals surface area (Å²) in [6.07, 6.45) is 1.81. The molecule has 1 rings (SSSR count). The fraction of sp³-hybridized carbons (Fsp3) is 0. The lowest BCUT2D eigenvalue weighted by atomic mass is 10.4. The molecule has 6 heavy (non-hydrogen) atoms. The highest BCUT2D eigenvalue weighted by molar-refractivity contribution is 6.17. The van der Waals surface area contributed by atoms with Crippen LogP contribution in [0.25, 0.3) is 0 Å². The Hall–Kier alpha value is -0.860. The topological polar surface area (TPSA) is 43.4 Å². The Morgan fingerprint density at radius 1 is 1.33 bits per heavy atom. The number of carbonyl (C=O) groups is 2. The molecule has 0 spiro atoms. The molecule has 3 nitrogen and oxygen atoms in total. The highest BCUT2D eigenvalue weighted by Gasteiger charge is 2.27. The zero-order valence-corrected chi connectivity index (χ0v) is 2.72. The van der Waals surface area contributed by atoms with Gasteiger partial charge in [-0.2, -0.15) is 0 Å². The number of cyclic esters (lactones) is 2. The standard InChI is InChI=1S/C3O3/c4-2-1-3(5)6-2. The smallest absolute Gasteiger partial charge is 0.335 e. The van der Waals surface area contributed by atoms with E-state index < -0.39 is 11.9 Å². The van der Waals surface area contributed by atoms with Crippen molar-refractivity contribution in [2.75, 3.05) is 0 Å². The minimum atomic E-state index is -0.667. The van der Waals surface area contributed by atoms with Gasteiger partial charge in [-0.05, 0) is 0 Å². The average Bonchev–Trinajstić information content (AvgIpc) is 1.33. The molecule has 0 saturated carbocycles. The van der Waals surface area contributed by atoms with Crippen molar-refractivity contribution in [3.63, 3.8) is 0 Å². The van der Waals surface area contributed by atoms with Gasteiger partial charge in [-0.3, -0.25) is 9.59 Å². The molecule has 0 amide bonds. The maximum atomic E-state index is 9.56. The summed E-state index contributed by atoms with van der Waals surface area (Å²) in [6, 6.07) is 0. The van der Waals surface area contributed by atoms with E-state index in [9.17, 15) is 9.59 Å². The summed E-state index contributed by atoms with van der Waals surface area (Å²) in [5.41, 5.74) is 0. The average molecular weight is 84.0 g/mol. The molecule has 0 aromatic heterocycles. The number of esters is 2. The maximum Gasteiger partial charge on any atom is 0.335 e. The van der Waals surface area contributed by atoms with Gasteiger partial charge in [-0.25, -0.2) is 0 Å². The maximum absolute atomic E-state index is 9.56. The lowest BCUT2D eigenvalue weighted by molar-refractivity contribution is -0.166. The minimum absolute atomic E-state index is 0.667. The van der Waals surface area contributed by atoms with Gasteiger partial charge in [0, 0.05) is 0 Å². The summed E-state index contributed by atoms with van der Waals surface area (Å²) < 4.78 is 3.75. The van der Waals surface area contributed by atoms with Gasteiger partial charge in [0.15, 0.2) is 0 Å². The third kappa shape index (κ3) is 0.282. The molecule has 30 valence electrons. The SMILES string of the molecule is O=C1[C]C(=O)O1. The van der Waals surface area contributed by atoms with Crippen LogP contribution in [0.3, 0.4) is 0 Å². The Bertz CT molecular complexity index is 82.6. The molecule has 0 atom stereocenters. The number of carbonyl (C=O) groups excluding carboxylic acids is 2. The summed E-state index contributed by atoms with van der Waals surface area (Å²) in [5.74, 6) is -1.33. The van der Waals surface area contributed by atoms with Crippen molar-refractivity contribution in [2.24, 2.45) is 0 Å². The first-order valence-corrected chi connectivity index (χ1v) is 1.32. The molecule has 0 aliphatic carbocycles. The van der Waals surface area contributed by atoms with Crippen molar-refractivity contribution in [2.45, 2.75) is 0 Å². The van der Waals surface area contributed by atoms with E-state index >= 15 is 0 Å². The molecule has 0 N–H and O–H groups in total. The zero-order valence-electron chi connectivity index (χ0n) is 2.72. The van der Waals surface area contributed by atoms with E-state index in [4.69, 9.17) is 0 Å². The second kappa shape index (κ2) is 0.801. The first-order chi connectivity index (χ1) is 2.79. The molecule has 0 aromatic rings. The quantitative estimate of drug-likeness (QED) is 0.283. The van der Waals surface area contributed by atoms with Gasteiger partial charge >= 0.3 is 11.9 Å². The van der Waals surface area contributed by atoms with Gasteiger partial charge in [0.25, 0.3) is 0 Å². The number of rotatable bonds is 0. The van der Waals surface area contributed by atoms with E-state index in [2.05, 4.69) is 4.74 Å². The molecule has 1 fully saturated rings. The molecular weight excluding hydrogens is 84.0 g/mol. The molecule has 3 heteroatoms. The number of ether oxygens (including phenoxy) is 1. The van der Waals surface area contributed by atoms with Crippen LogP contribution in [0.5, 0.6) is 0 Å². The fourth-order valence-electron chi connectivity index (χ4n) is 0.172. The third-order valence-corrected chi connectivity index (χ3v) is 0.390. The summed E-state index contributed by atoms with van der Waals surface area (Å²) >= 11 is 0. The first-order valence-electron chi connectivity index (χ1n) is 1.32. The van der Waals surface area contributed by atoms with Gasteiger partial charge < -0.3 is 4.74 Å². The van der Waals surface area contributed by atoms with Crippen LogP contribution in [-0.4, -0.2) is 11.9 Å². The van der Waals surface area contributed by atoms with Crippen LogP contribution in [0.1, 0.15) is 0 Å². The van der Waals surface area contributed by atoms with E-state index in [1.54, 1.807) is 6.42 Å². The van der Waals surface area contributed by atoms with Crippen molar-refractivity contribution in [1.29, 1.82) is 0 Å². The monoisotopic (exact) mass is 84.0 g/mol. The lowest BCUT2D eigenvalue weighted by Gasteiger charge is -2.04. The predicted octanol–water partition coefficient (Wildman–Crippen LogP) is -0.849. The van der Waals surface area contributed by atoms with Crippen LogP contribution < -0.4 is 0 Å². The highest BCUT2D eigenvalue weighted by atomic mass is 16.6. The van der Waals surface area contributed by atoms with Crippen LogP contribution in [-0.2, 0) is 14.3 Å². The minimum Gasteiger partial charge on any atom is -0.391 e. The molecule has 0 bridgehead atoms. The normalized spacial score (nSPS) is 19.3. The number of hydrogen-bond donors (Lipinski definition) is 0. The van der Waals surface area contributed by atoms with Gasteiger partial charge in [-0.1, -0.05) is 0 Å². The van der Waals surface area contributed by atoms with Gasteiger partial charge in [0.2, 0.25) is 6.42 Å². The Balaban J connectivity index is 2.47. The van der Waals surface area contributed by atoms with Crippen molar-refractivity contribution < 1.29 is 14.3 Å². The van der Waals surface area contributed by atoms with Gasteiger partial charge in [0.1, 0.15) is 0 Å². The van der Waals surface area contributed by atoms with Crippen molar-refractivity contribution in [1.82, 2.24) is 0 Å². The van der Waals surface area contributed by atoms with Crippen molar-refractivity contribution in [3.8, 4) is 0 Å². The van der Waals surface area contributed by atoms with E-state index in [0.29, 0.717) is 0 Å². The predicted molar refractivity (Wildman–Crippen MR) is 14.3 cm³/mol. The summed E-state index contributed by atoms with van der Waals surface area (Å²) in [4.78, 5) is 19.1. The van der Waals surface area contributed by atoms with Crippen molar-refractivity contribution in [3.05, 3.63) is 6.42 Å². The molecule has 1 heterocycles. The molecule has 1 aliphatic heterocycles. The van der Waals surface area contributed by atoms with E-state index in [1.807, 2.05) is 0 Å². The zero-order chi connectivity index (χ0) is 4.57. The fourth-order valence-corrected chi connectivity index (χ4v) is 0.172. The summed E-state index contributed by atoms with van der Waals surface area (Å²) in [7, 11) is 0. The largest absolute Gasteiger partial charge is 0.391 e. The van der Waals surface area contributed by atoms with Gasteiger partial charge in [0.05, 0.1) is 0 Å². The molecule has 1 aliphatic rings. The molecule has 2 radical (unpaired) electrons. The Labute approximate surface area is 33.9 Å². The molecule has 1 saturated heterocycles. The summed E-state index contributed by atoms with van der Waals surface area (Å²) in [6.45, 7) is 0. The Kier molecular flexibility index (Phi) is 0.445. The molecular formula is C3O3. The van der Waals surface area contributed by atoms with E-state index in [0.717, 1.165) is 0 Å². The summed E-state index contributed by atoms with van der Waals surface area (Å²) in [5, 5.41) is 0. The Morgan fingerprint density at radius 2 is 1.67 bits per heavy atom. The van der Waals surface area contributed by atoms with Crippen LogP contribution in [0.2, 0.25) is 0 Å². The van der Waals surface area contributed by atoms with E-state index in [-0.39, 0.29) is 0 Å². The van der Waals surface area contributed by atoms with Crippen molar-refractivity contribution >= 4 is 11.9 Å².